The molecular formula is C11H13NO2. The van der Waals surface area contributed by atoms with Crippen LogP contribution in [-0.4, -0.2) is 18.1 Å². The summed E-state index contributed by atoms with van der Waals surface area (Å²) in [7, 11) is 1.77. The van der Waals surface area contributed by atoms with Crippen LogP contribution in [0.1, 0.15) is 24.0 Å². The van der Waals surface area contributed by atoms with Crippen LogP contribution in [0.15, 0.2) is 18.2 Å². The highest BCUT2D eigenvalue weighted by Crippen LogP contribution is 2.38. The number of carbonyl (C=O) groups is 1. The summed E-state index contributed by atoms with van der Waals surface area (Å²) in [5.41, 5.74) is 2.75. The SMILES string of the molecule is CC1C(=O)N(C)c2cccc(CO)c21. The molecule has 0 aliphatic carbocycles. The Kier molecular flexibility index (Phi) is 2.04. The molecule has 0 saturated carbocycles. The third-order valence-corrected chi connectivity index (χ3v) is 2.84. The first-order valence-corrected chi connectivity index (χ1v) is 4.67. The predicted molar refractivity (Wildman–Crippen MR) is 54.2 cm³/mol. The molecule has 1 amide bonds. The van der Waals surface area contributed by atoms with Crippen LogP contribution in [0.25, 0.3) is 0 Å². The van der Waals surface area contributed by atoms with Gasteiger partial charge in [0.05, 0.1) is 12.5 Å². The summed E-state index contributed by atoms with van der Waals surface area (Å²) in [6, 6.07) is 5.64. The van der Waals surface area contributed by atoms with E-state index in [1.165, 1.54) is 0 Å². The molecule has 3 heteroatoms. The van der Waals surface area contributed by atoms with Crippen molar-refractivity contribution in [3.05, 3.63) is 29.3 Å². The Morgan fingerprint density at radius 2 is 2.21 bits per heavy atom. The largest absolute Gasteiger partial charge is 0.392 e. The standard InChI is InChI=1S/C11H13NO2/c1-7-10-8(6-13)4-3-5-9(10)12(2)11(7)14/h3-5,7,13H,6H2,1-2H3. The van der Waals surface area contributed by atoms with Gasteiger partial charge in [-0.25, -0.2) is 0 Å². The molecule has 1 atom stereocenters. The second kappa shape index (κ2) is 3.10. The number of anilines is 1. The van der Waals surface area contributed by atoms with E-state index in [0.29, 0.717) is 0 Å². The molecule has 0 aromatic heterocycles. The van der Waals surface area contributed by atoms with Crippen molar-refractivity contribution < 1.29 is 9.90 Å². The number of fused-ring (bicyclic) bond motifs is 1. The lowest BCUT2D eigenvalue weighted by atomic mass is 9.97. The van der Waals surface area contributed by atoms with Crippen molar-refractivity contribution in [3.63, 3.8) is 0 Å². The molecule has 0 fully saturated rings. The van der Waals surface area contributed by atoms with Crippen LogP contribution in [0.2, 0.25) is 0 Å². The number of aliphatic hydroxyl groups excluding tert-OH is 1. The average Bonchev–Trinajstić information content (AvgIpc) is 2.44. The summed E-state index contributed by atoms with van der Waals surface area (Å²) in [4.78, 5) is 13.3. The van der Waals surface area contributed by atoms with Gasteiger partial charge in [-0.3, -0.25) is 4.79 Å². The van der Waals surface area contributed by atoms with E-state index in [9.17, 15) is 4.79 Å². The van der Waals surface area contributed by atoms with Crippen LogP contribution < -0.4 is 4.90 Å². The summed E-state index contributed by atoms with van der Waals surface area (Å²) in [5, 5.41) is 9.16. The minimum absolute atomic E-state index is 0.00532. The zero-order valence-corrected chi connectivity index (χ0v) is 8.32. The fourth-order valence-corrected chi connectivity index (χ4v) is 2.06. The molecule has 0 spiro atoms. The summed E-state index contributed by atoms with van der Waals surface area (Å²) < 4.78 is 0. The van der Waals surface area contributed by atoms with Gasteiger partial charge in [0.2, 0.25) is 5.91 Å². The van der Waals surface area contributed by atoms with E-state index >= 15 is 0 Å². The Hall–Kier alpha value is -1.35. The van der Waals surface area contributed by atoms with Gasteiger partial charge in [-0.05, 0) is 24.1 Å². The Morgan fingerprint density at radius 1 is 1.50 bits per heavy atom. The third-order valence-electron chi connectivity index (χ3n) is 2.84. The molecule has 1 aromatic rings. The van der Waals surface area contributed by atoms with Gasteiger partial charge in [0, 0.05) is 12.7 Å². The topological polar surface area (TPSA) is 40.5 Å². The van der Waals surface area contributed by atoms with Crippen LogP contribution in [0, 0.1) is 0 Å². The summed E-state index contributed by atoms with van der Waals surface area (Å²) in [6.45, 7) is 1.87. The number of amides is 1. The van der Waals surface area contributed by atoms with E-state index in [-0.39, 0.29) is 18.4 Å². The number of hydrogen-bond donors (Lipinski definition) is 1. The molecule has 1 unspecified atom stereocenters. The van der Waals surface area contributed by atoms with E-state index in [1.54, 1.807) is 11.9 Å². The Bertz CT molecular complexity index is 387. The second-order valence-electron chi connectivity index (χ2n) is 3.63. The Morgan fingerprint density at radius 3 is 2.86 bits per heavy atom. The van der Waals surface area contributed by atoms with E-state index in [1.807, 2.05) is 25.1 Å². The minimum Gasteiger partial charge on any atom is -0.392 e. The molecular weight excluding hydrogens is 178 g/mol. The van der Waals surface area contributed by atoms with Gasteiger partial charge in [-0.2, -0.15) is 0 Å². The van der Waals surface area contributed by atoms with Gasteiger partial charge in [0.25, 0.3) is 0 Å². The van der Waals surface area contributed by atoms with Gasteiger partial charge in [-0.1, -0.05) is 12.1 Å². The van der Waals surface area contributed by atoms with Crippen LogP contribution in [0.4, 0.5) is 5.69 Å². The van der Waals surface area contributed by atoms with E-state index in [0.717, 1.165) is 16.8 Å². The summed E-state index contributed by atoms with van der Waals surface area (Å²) in [5.74, 6) is -0.0285. The van der Waals surface area contributed by atoms with Crippen molar-refractivity contribution in [3.8, 4) is 0 Å². The normalized spacial score (nSPS) is 20.1. The molecule has 1 aliphatic heterocycles. The molecule has 1 N–H and O–H groups in total. The highest BCUT2D eigenvalue weighted by atomic mass is 16.3. The lowest BCUT2D eigenvalue weighted by Crippen LogP contribution is -2.22. The number of rotatable bonds is 1. The highest BCUT2D eigenvalue weighted by molar-refractivity contribution is 6.04. The number of nitrogens with zero attached hydrogens (tertiary/aromatic N) is 1. The molecule has 0 radical (unpaired) electrons. The summed E-state index contributed by atoms with van der Waals surface area (Å²) >= 11 is 0. The maximum atomic E-state index is 11.7. The van der Waals surface area contributed by atoms with Crippen molar-refractivity contribution >= 4 is 11.6 Å². The van der Waals surface area contributed by atoms with Crippen molar-refractivity contribution in [2.45, 2.75) is 19.4 Å². The fourth-order valence-electron chi connectivity index (χ4n) is 2.06. The first-order chi connectivity index (χ1) is 6.66. The second-order valence-corrected chi connectivity index (χ2v) is 3.63. The smallest absolute Gasteiger partial charge is 0.234 e. The number of carbonyl (C=O) groups excluding carboxylic acids is 1. The monoisotopic (exact) mass is 191 g/mol. The lowest BCUT2D eigenvalue weighted by molar-refractivity contribution is -0.118. The molecule has 0 saturated heterocycles. The van der Waals surface area contributed by atoms with Gasteiger partial charge < -0.3 is 10.0 Å². The zero-order chi connectivity index (χ0) is 10.3. The maximum Gasteiger partial charge on any atom is 0.234 e. The number of aliphatic hydroxyl groups is 1. The highest BCUT2D eigenvalue weighted by Gasteiger charge is 2.33. The van der Waals surface area contributed by atoms with E-state index in [2.05, 4.69) is 0 Å². The quantitative estimate of drug-likeness (QED) is 0.726. The molecule has 1 aromatic carbocycles. The van der Waals surface area contributed by atoms with Crippen molar-refractivity contribution in [2.24, 2.45) is 0 Å². The van der Waals surface area contributed by atoms with Gasteiger partial charge in [0.1, 0.15) is 0 Å². The molecule has 14 heavy (non-hydrogen) atoms. The van der Waals surface area contributed by atoms with Crippen molar-refractivity contribution in [2.75, 3.05) is 11.9 Å². The van der Waals surface area contributed by atoms with Gasteiger partial charge >= 0.3 is 0 Å². The zero-order valence-electron chi connectivity index (χ0n) is 8.32. The fraction of sp³-hybridized carbons (Fsp3) is 0.364. The molecule has 0 bridgehead atoms. The number of benzene rings is 1. The van der Waals surface area contributed by atoms with Crippen LogP contribution in [-0.2, 0) is 11.4 Å². The maximum absolute atomic E-state index is 11.7. The third kappa shape index (κ3) is 1.06. The van der Waals surface area contributed by atoms with Gasteiger partial charge in [0.15, 0.2) is 0 Å². The van der Waals surface area contributed by atoms with Crippen LogP contribution in [0.3, 0.4) is 0 Å². The molecule has 1 aliphatic rings. The first kappa shape index (κ1) is 9.21. The average molecular weight is 191 g/mol. The van der Waals surface area contributed by atoms with E-state index in [4.69, 9.17) is 5.11 Å². The Labute approximate surface area is 83.0 Å². The number of hydrogen-bond acceptors (Lipinski definition) is 2. The number of likely N-dealkylation sites (N-methyl/N-ethyl adjacent to an activating group) is 1. The molecule has 74 valence electrons. The predicted octanol–water partition coefficient (Wildman–Crippen LogP) is 1.26. The van der Waals surface area contributed by atoms with Crippen LogP contribution >= 0.6 is 0 Å². The summed E-state index contributed by atoms with van der Waals surface area (Å²) in [6.07, 6.45) is 0. The van der Waals surface area contributed by atoms with Gasteiger partial charge in [-0.15, -0.1) is 0 Å². The Balaban J connectivity index is 2.62. The first-order valence-electron chi connectivity index (χ1n) is 4.67. The molecule has 1 heterocycles. The van der Waals surface area contributed by atoms with Crippen LogP contribution in [0.5, 0.6) is 0 Å². The molecule has 3 nitrogen and oxygen atoms in total. The molecule has 2 rings (SSSR count). The van der Waals surface area contributed by atoms with E-state index < -0.39 is 0 Å². The lowest BCUT2D eigenvalue weighted by Gasteiger charge is -2.10. The van der Waals surface area contributed by atoms with Crippen molar-refractivity contribution in [1.29, 1.82) is 0 Å². The minimum atomic E-state index is -0.127. The van der Waals surface area contributed by atoms with Crippen molar-refractivity contribution in [1.82, 2.24) is 0 Å².